The lowest BCUT2D eigenvalue weighted by Gasteiger charge is -2.06. The Bertz CT molecular complexity index is 1250. The molecule has 0 saturated heterocycles. The van der Waals surface area contributed by atoms with Crippen molar-refractivity contribution >= 4 is 31.7 Å². The summed E-state index contributed by atoms with van der Waals surface area (Å²) in [5.74, 6) is 0.573. The molecule has 30 heavy (non-hydrogen) atoms. The van der Waals surface area contributed by atoms with Crippen molar-refractivity contribution in [3.05, 3.63) is 48.0 Å². The maximum absolute atomic E-state index is 10.8. The molecule has 3 rings (SSSR count). The third-order valence-corrected chi connectivity index (χ3v) is 5.03. The largest absolute Gasteiger partial charge is 0.493 e. The summed E-state index contributed by atoms with van der Waals surface area (Å²) in [5.41, 5.74) is 3.41. The second kappa shape index (κ2) is 8.62. The van der Waals surface area contributed by atoms with Crippen LogP contribution in [0, 0.1) is 6.92 Å². The van der Waals surface area contributed by atoms with Gasteiger partial charge in [-0.1, -0.05) is 0 Å². The molecule has 3 N–H and O–H groups in total. The van der Waals surface area contributed by atoms with E-state index in [4.69, 9.17) is 13.8 Å². The van der Waals surface area contributed by atoms with E-state index in [0.717, 1.165) is 27.7 Å². The van der Waals surface area contributed by atoms with Crippen LogP contribution in [0.1, 0.15) is 12.0 Å². The van der Waals surface area contributed by atoms with Gasteiger partial charge < -0.3 is 13.9 Å². The molecule has 2 aromatic carbocycles. The van der Waals surface area contributed by atoms with Crippen molar-refractivity contribution in [2.24, 2.45) is 0 Å². The molecule has 1 heterocycles. The Kier molecular flexibility index (Phi) is 6.33. The molecule has 0 fully saturated rings. The van der Waals surface area contributed by atoms with Gasteiger partial charge in [0.1, 0.15) is 11.5 Å². The standard InChI is InChI=1S/C18H19NO9S2/c1-12-16-11-15(26-9-2-10-27-29(20,21)22)7-8-17(16)19-18(12)13-3-5-14(6-4-13)28-30(23,24)25/h3-8,11,19H,2,9-10H2,1H3,(H,20,21,22)(H,23,24,25). The van der Waals surface area contributed by atoms with Crippen LogP contribution in [-0.4, -0.2) is 44.1 Å². The van der Waals surface area contributed by atoms with Gasteiger partial charge in [0, 0.05) is 23.0 Å². The summed E-state index contributed by atoms with van der Waals surface area (Å²) in [4.78, 5) is 3.29. The third kappa shape index (κ3) is 5.93. The van der Waals surface area contributed by atoms with Crippen LogP contribution in [0.15, 0.2) is 42.5 Å². The average molecular weight is 457 g/mol. The first-order chi connectivity index (χ1) is 14.0. The van der Waals surface area contributed by atoms with Crippen molar-refractivity contribution in [2.75, 3.05) is 13.2 Å². The zero-order chi connectivity index (χ0) is 21.9. The number of benzene rings is 2. The fourth-order valence-corrected chi connectivity index (χ4v) is 3.58. The molecular formula is C18H19NO9S2. The Morgan fingerprint density at radius 3 is 2.20 bits per heavy atom. The van der Waals surface area contributed by atoms with Crippen molar-refractivity contribution in [1.29, 1.82) is 0 Å². The van der Waals surface area contributed by atoms with Crippen LogP contribution in [0.3, 0.4) is 0 Å². The van der Waals surface area contributed by atoms with E-state index in [1.54, 1.807) is 18.2 Å². The summed E-state index contributed by atoms with van der Waals surface area (Å²) in [7, 11) is -9.03. The Morgan fingerprint density at radius 2 is 1.57 bits per heavy atom. The van der Waals surface area contributed by atoms with Gasteiger partial charge in [0.2, 0.25) is 0 Å². The maximum atomic E-state index is 10.8. The van der Waals surface area contributed by atoms with Gasteiger partial charge in [-0.25, -0.2) is 4.18 Å². The van der Waals surface area contributed by atoms with E-state index in [2.05, 4.69) is 13.4 Å². The summed E-state index contributed by atoms with van der Waals surface area (Å²) in [6, 6.07) is 11.6. The van der Waals surface area contributed by atoms with Gasteiger partial charge in [0.05, 0.1) is 13.2 Å². The maximum Gasteiger partial charge on any atom is 0.446 e. The Labute approximate surface area is 173 Å². The van der Waals surface area contributed by atoms with E-state index in [-0.39, 0.29) is 25.4 Å². The number of rotatable bonds is 9. The monoisotopic (exact) mass is 457 g/mol. The molecule has 12 heteroatoms. The molecule has 0 amide bonds. The van der Waals surface area contributed by atoms with Crippen LogP contribution in [0.5, 0.6) is 11.5 Å². The van der Waals surface area contributed by atoms with E-state index in [0.29, 0.717) is 5.75 Å². The molecule has 0 aliphatic heterocycles. The highest BCUT2D eigenvalue weighted by molar-refractivity contribution is 7.81. The highest BCUT2D eigenvalue weighted by Crippen LogP contribution is 2.32. The number of hydrogen-bond acceptors (Lipinski definition) is 7. The van der Waals surface area contributed by atoms with Gasteiger partial charge in [-0.15, -0.1) is 0 Å². The third-order valence-electron chi connectivity index (χ3n) is 4.16. The highest BCUT2D eigenvalue weighted by Gasteiger charge is 2.12. The number of ether oxygens (including phenoxy) is 1. The lowest BCUT2D eigenvalue weighted by molar-refractivity contribution is 0.229. The Balaban J connectivity index is 1.73. The molecule has 162 valence electrons. The van der Waals surface area contributed by atoms with Gasteiger partial charge in [0.25, 0.3) is 0 Å². The molecule has 0 unspecified atom stereocenters. The normalized spacial score (nSPS) is 12.2. The van der Waals surface area contributed by atoms with Crippen molar-refractivity contribution < 1.29 is 39.0 Å². The quantitative estimate of drug-likeness (QED) is 0.325. The second-order valence-electron chi connectivity index (χ2n) is 6.32. The van der Waals surface area contributed by atoms with Crippen molar-refractivity contribution in [2.45, 2.75) is 13.3 Å². The molecule has 0 aliphatic rings. The number of aryl methyl sites for hydroxylation is 1. The van der Waals surface area contributed by atoms with E-state index in [9.17, 15) is 16.8 Å². The minimum absolute atomic E-state index is 0.0105. The molecule has 10 nitrogen and oxygen atoms in total. The summed E-state index contributed by atoms with van der Waals surface area (Å²) < 4.78 is 74.0. The number of H-pyrrole nitrogens is 1. The predicted molar refractivity (Wildman–Crippen MR) is 108 cm³/mol. The number of fused-ring (bicyclic) bond motifs is 1. The average Bonchev–Trinajstić information content (AvgIpc) is 2.96. The van der Waals surface area contributed by atoms with Crippen LogP contribution in [0.2, 0.25) is 0 Å². The first-order valence-electron chi connectivity index (χ1n) is 8.66. The second-order valence-corrected chi connectivity index (χ2v) is 8.43. The van der Waals surface area contributed by atoms with Gasteiger partial charge in [-0.3, -0.25) is 9.11 Å². The smallest absolute Gasteiger partial charge is 0.446 e. The van der Waals surface area contributed by atoms with Crippen LogP contribution in [0.25, 0.3) is 22.2 Å². The number of aromatic amines is 1. The Hall–Kier alpha value is -2.64. The molecule has 1 aromatic heterocycles. The van der Waals surface area contributed by atoms with Crippen molar-refractivity contribution in [3.8, 4) is 22.8 Å². The van der Waals surface area contributed by atoms with Crippen LogP contribution < -0.4 is 8.92 Å². The fraction of sp³-hybridized carbons (Fsp3) is 0.222. The molecule has 0 atom stereocenters. The lowest BCUT2D eigenvalue weighted by atomic mass is 10.1. The van der Waals surface area contributed by atoms with Crippen LogP contribution >= 0.6 is 0 Å². The van der Waals surface area contributed by atoms with Crippen LogP contribution in [0.4, 0.5) is 0 Å². The molecular weight excluding hydrogens is 438 g/mol. The molecule has 0 spiro atoms. The zero-order valence-electron chi connectivity index (χ0n) is 15.7. The molecule has 0 aliphatic carbocycles. The van der Waals surface area contributed by atoms with E-state index < -0.39 is 20.8 Å². The highest BCUT2D eigenvalue weighted by atomic mass is 32.3. The summed E-state index contributed by atoms with van der Waals surface area (Å²) >= 11 is 0. The summed E-state index contributed by atoms with van der Waals surface area (Å²) in [6.07, 6.45) is 0.271. The summed E-state index contributed by atoms with van der Waals surface area (Å²) in [5, 5.41) is 0.912. The summed E-state index contributed by atoms with van der Waals surface area (Å²) in [6.45, 7) is 1.93. The van der Waals surface area contributed by atoms with Gasteiger partial charge in [-0.05, 0) is 60.5 Å². The van der Waals surface area contributed by atoms with E-state index in [1.807, 2.05) is 19.1 Å². The minimum Gasteiger partial charge on any atom is -0.493 e. The fourth-order valence-electron chi connectivity index (χ4n) is 2.90. The predicted octanol–water partition coefficient (Wildman–Crippen LogP) is 2.91. The van der Waals surface area contributed by atoms with Crippen LogP contribution in [-0.2, 0) is 25.0 Å². The van der Waals surface area contributed by atoms with Crippen molar-refractivity contribution in [3.63, 3.8) is 0 Å². The van der Waals surface area contributed by atoms with Gasteiger partial charge in [-0.2, -0.15) is 16.8 Å². The molecule has 0 bridgehead atoms. The number of nitrogens with one attached hydrogen (secondary N) is 1. The van der Waals surface area contributed by atoms with Gasteiger partial charge in [0.15, 0.2) is 0 Å². The van der Waals surface area contributed by atoms with Crippen molar-refractivity contribution in [1.82, 2.24) is 4.98 Å². The molecule has 0 saturated carbocycles. The minimum atomic E-state index is -4.58. The van der Waals surface area contributed by atoms with E-state index in [1.165, 1.54) is 12.1 Å². The zero-order valence-corrected chi connectivity index (χ0v) is 17.4. The lowest BCUT2D eigenvalue weighted by Crippen LogP contribution is -2.08. The number of hydrogen-bond donors (Lipinski definition) is 3. The molecule has 3 aromatic rings. The SMILES string of the molecule is Cc1c(-c2ccc(OS(=O)(=O)O)cc2)[nH]c2ccc(OCCCOS(=O)(=O)O)cc12. The number of aromatic nitrogens is 1. The first kappa shape index (κ1) is 22.1. The molecule has 0 radical (unpaired) electrons. The topological polar surface area (TPSA) is 152 Å². The Morgan fingerprint density at radius 1 is 0.900 bits per heavy atom. The van der Waals surface area contributed by atoms with E-state index >= 15 is 0 Å². The van der Waals surface area contributed by atoms with Gasteiger partial charge >= 0.3 is 20.8 Å². The first-order valence-corrected chi connectivity index (χ1v) is 11.4.